The fourth-order valence-electron chi connectivity index (χ4n) is 3.51. The lowest BCUT2D eigenvalue weighted by Crippen LogP contribution is -2.38. The maximum atomic E-state index is 13.0. The maximum Gasteiger partial charge on any atom is 0.263 e. The van der Waals surface area contributed by atoms with Gasteiger partial charge in [-0.2, -0.15) is 5.10 Å². The van der Waals surface area contributed by atoms with E-state index in [1.807, 2.05) is 6.07 Å². The lowest BCUT2D eigenvalue weighted by molar-refractivity contribution is 0.0711. The van der Waals surface area contributed by atoms with Crippen LogP contribution in [0.15, 0.2) is 41.5 Å². The van der Waals surface area contributed by atoms with Gasteiger partial charge in [-0.05, 0) is 69.1 Å². The molecule has 8 nitrogen and oxygen atoms in total. The van der Waals surface area contributed by atoms with Crippen LogP contribution in [0, 0.1) is 0 Å². The van der Waals surface area contributed by atoms with Crippen LogP contribution in [0.5, 0.6) is 5.75 Å². The van der Waals surface area contributed by atoms with Gasteiger partial charge in [0.1, 0.15) is 29.1 Å². The number of nitrogens with one attached hydrogen (secondary N) is 1. The number of aromatic nitrogens is 3. The molecule has 33 heavy (non-hydrogen) atoms. The van der Waals surface area contributed by atoms with Gasteiger partial charge in [0.2, 0.25) is 0 Å². The molecule has 1 aliphatic rings. The zero-order valence-electron chi connectivity index (χ0n) is 18.6. The average Bonchev–Trinajstić information content (AvgIpc) is 3.45. The monoisotopic (exact) mass is 440 g/mol. The van der Waals surface area contributed by atoms with Crippen molar-refractivity contribution in [1.29, 1.82) is 0 Å². The summed E-state index contributed by atoms with van der Waals surface area (Å²) in [4.78, 5) is 25.7. The van der Waals surface area contributed by atoms with Crippen LogP contribution < -0.4 is 15.6 Å². The third-order valence-corrected chi connectivity index (χ3v) is 5.30. The Morgan fingerprint density at radius 3 is 2.67 bits per heavy atom. The van der Waals surface area contributed by atoms with Gasteiger partial charge in [0.05, 0.1) is 28.7 Å². The van der Waals surface area contributed by atoms with Crippen molar-refractivity contribution in [2.75, 3.05) is 5.32 Å². The molecule has 6 radical (unpaired) electrons. The third-order valence-electron chi connectivity index (χ3n) is 5.30. The minimum absolute atomic E-state index is 0.00843. The molecule has 0 aromatic carbocycles. The molecule has 164 valence electrons. The summed E-state index contributed by atoms with van der Waals surface area (Å²) in [7, 11) is 16.9. The van der Waals surface area contributed by atoms with Crippen LogP contribution in [0.25, 0.3) is 5.52 Å². The van der Waals surface area contributed by atoms with Crippen molar-refractivity contribution < 1.29 is 14.6 Å². The second kappa shape index (κ2) is 8.45. The molecule has 0 aliphatic heterocycles. The summed E-state index contributed by atoms with van der Waals surface area (Å²) in [6.45, 7) is 3.46. The van der Waals surface area contributed by atoms with Crippen molar-refractivity contribution in [3.05, 3.63) is 58.3 Å². The Kier molecular flexibility index (Phi) is 5.94. The molecular weight excluding hydrogens is 417 g/mol. The van der Waals surface area contributed by atoms with Crippen molar-refractivity contribution in [2.45, 2.75) is 56.5 Å². The predicted molar refractivity (Wildman–Crippen MR) is 127 cm³/mol. The fourth-order valence-corrected chi connectivity index (χ4v) is 3.51. The highest BCUT2D eigenvalue weighted by Crippen LogP contribution is 2.33. The summed E-state index contributed by atoms with van der Waals surface area (Å²) in [6, 6.07) is 6.74. The number of carbonyl (C=O) groups excluding carboxylic acids is 1. The molecule has 0 saturated heterocycles. The Bertz CT molecular complexity index is 1250. The Balaban J connectivity index is 1.67. The van der Waals surface area contributed by atoms with Crippen molar-refractivity contribution >= 4 is 40.7 Å². The zero-order chi connectivity index (χ0) is 24.0. The minimum Gasteiger partial charge on any atom is -0.512 e. The van der Waals surface area contributed by atoms with Crippen LogP contribution in [-0.4, -0.2) is 59.6 Å². The first-order valence-corrected chi connectivity index (χ1v) is 10.7. The van der Waals surface area contributed by atoms with E-state index in [0.717, 1.165) is 18.5 Å². The second-order valence-corrected chi connectivity index (χ2v) is 9.14. The fraction of sp³-hybridized carbons (Fsp3) is 0.409. The highest BCUT2D eigenvalue weighted by Gasteiger charge is 2.26. The standard InChI is InChI=1S/C22H23B3N4O4/c1-21(2,32)8-7-13-10-15-11-17(18(12-29(15)27-13)33-22(23,24)25)26-19(30)16-4-3-9-28(20(16)31)14-5-6-14/h3-4,9-12,14,32H,5-8H2,1-2H3,(H,26,30). The molecule has 1 fully saturated rings. The van der Waals surface area contributed by atoms with E-state index in [1.165, 1.54) is 12.3 Å². The van der Waals surface area contributed by atoms with Gasteiger partial charge >= 0.3 is 0 Å². The number of fused-ring (bicyclic) bond motifs is 1. The summed E-state index contributed by atoms with van der Waals surface area (Å²) in [5, 5.41) is 15.2. The van der Waals surface area contributed by atoms with Crippen molar-refractivity contribution in [1.82, 2.24) is 14.2 Å². The molecule has 2 N–H and O–H groups in total. The first-order valence-electron chi connectivity index (χ1n) is 10.7. The van der Waals surface area contributed by atoms with Gasteiger partial charge in [0.15, 0.2) is 5.75 Å². The largest absolute Gasteiger partial charge is 0.512 e. The van der Waals surface area contributed by atoms with Gasteiger partial charge in [0.25, 0.3) is 11.5 Å². The smallest absolute Gasteiger partial charge is 0.263 e. The van der Waals surface area contributed by atoms with E-state index in [1.54, 1.807) is 41.3 Å². The zero-order valence-corrected chi connectivity index (χ0v) is 18.6. The van der Waals surface area contributed by atoms with Crippen LogP contribution >= 0.6 is 0 Å². The number of pyridine rings is 2. The molecule has 0 bridgehead atoms. The first-order chi connectivity index (χ1) is 15.4. The number of aliphatic hydroxyl groups is 1. The van der Waals surface area contributed by atoms with E-state index in [4.69, 9.17) is 28.3 Å². The Morgan fingerprint density at radius 1 is 1.30 bits per heavy atom. The number of anilines is 1. The van der Waals surface area contributed by atoms with Crippen LogP contribution in [0.2, 0.25) is 0 Å². The van der Waals surface area contributed by atoms with Crippen molar-refractivity contribution in [3.8, 4) is 5.75 Å². The summed E-state index contributed by atoms with van der Waals surface area (Å²) < 4.78 is 8.55. The lowest BCUT2D eigenvalue weighted by Gasteiger charge is -2.25. The Morgan fingerprint density at radius 2 is 2.03 bits per heavy atom. The number of nitrogens with zero attached hydrogens (tertiary/aromatic N) is 3. The van der Waals surface area contributed by atoms with E-state index in [9.17, 15) is 14.7 Å². The molecule has 0 atom stereocenters. The number of aryl methyl sites for hydroxylation is 1. The normalized spacial score (nSPS) is 14.4. The van der Waals surface area contributed by atoms with Crippen molar-refractivity contribution in [3.63, 3.8) is 0 Å². The lowest BCUT2D eigenvalue weighted by atomic mass is 9.52. The Hall–Kier alpha value is -2.94. The second-order valence-electron chi connectivity index (χ2n) is 9.14. The number of amides is 1. The van der Waals surface area contributed by atoms with E-state index in [2.05, 4.69) is 10.4 Å². The van der Waals surface area contributed by atoms with Crippen LogP contribution in [-0.2, 0) is 6.42 Å². The average molecular weight is 440 g/mol. The molecule has 1 saturated carbocycles. The number of ether oxygens (including phenoxy) is 1. The quantitative estimate of drug-likeness (QED) is 0.515. The molecule has 3 aromatic rings. The van der Waals surface area contributed by atoms with E-state index < -0.39 is 16.8 Å². The molecule has 3 heterocycles. The van der Waals surface area contributed by atoms with Crippen LogP contribution in [0.3, 0.4) is 0 Å². The van der Waals surface area contributed by atoms with Gasteiger partial charge in [-0.1, -0.05) is 0 Å². The maximum absolute atomic E-state index is 13.0. The van der Waals surface area contributed by atoms with Crippen molar-refractivity contribution in [2.24, 2.45) is 0 Å². The number of carbonyl (C=O) groups is 1. The van der Waals surface area contributed by atoms with Gasteiger partial charge in [-0.15, -0.1) is 0 Å². The first kappa shape index (κ1) is 23.2. The predicted octanol–water partition coefficient (Wildman–Crippen LogP) is 1.28. The molecule has 4 rings (SSSR count). The van der Waals surface area contributed by atoms with E-state index >= 15 is 0 Å². The minimum atomic E-state index is -2.00. The van der Waals surface area contributed by atoms with Gasteiger partial charge < -0.3 is 19.7 Å². The highest BCUT2D eigenvalue weighted by atomic mass is 16.5. The molecule has 0 unspecified atom stereocenters. The molecule has 1 amide bonds. The molecular formula is C22H23B3N4O4. The SMILES string of the molecule is [B]C([B])([B])Oc1cn2nc(CCC(C)(C)O)cc2cc1NC(=O)c1cccn(C2CC2)c1=O. The van der Waals surface area contributed by atoms with Crippen LogP contribution in [0.4, 0.5) is 5.69 Å². The molecule has 11 heteroatoms. The van der Waals surface area contributed by atoms with Crippen LogP contribution in [0.1, 0.15) is 55.2 Å². The highest BCUT2D eigenvalue weighted by molar-refractivity contribution is 6.58. The summed E-state index contributed by atoms with van der Waals surface area (Å²) >= 11 is 0. The number of rotatable bonds is 8. The molecule has 1 aliphatic carbocycles. The summed E-state index contributed by atoms with van der Waals surface area (Å²) in [5.74, 6) is -0.512. The molecule has 0 spiro atoms. The summed E-state index contributed by atoms with van der Waals surface area (Å²) in [6.07, 6.45) is 6.08. The van der Waals surface area contributed by atoms with E-state index in [0.29, 0.717) is 18.4 Å². The topological polar surface area (TPSA) is 97.9 Å². The number of hydrogen-bond donors (Lipinski definition) is 2. The van der Waals surface area contributed by atoms with Gasteiger partial charge in [-0.25, -0.2) is 4.52 Å². The van der Waals surface area contributed by atoms with Gasteiger partial charge in [-0.3, -0.25) is 9.59 Å². The van der Waals surface area contributed by atoms with E-state index in [-0.39, 0.29) is 28.6 Å². The van der Waals surface area contributed by atoms with Gasteiger partial charge in [0, 0.05) is 12.2 Å². The number of hydrogen-bond acceptors (Lipinski definition) is 5. The molecule has 3 aromatic heterocycles. The third kappa shape index (κ3) is 5.71. The summed E-state index contributed by atoms with van der Waals surface area (Å²) in [5.41, 5.74) is 0.447. The Labute approximate surface area is 195 Å².